The number of nitrogens with one attached hydrogen (secondary N) is 1. The van der Waals surface area contributed by atoms with Gasteiger partial charge in [0.2, 0.25) is 0 Å². The van der Waals surface area contributed by atoms with Crippen molar-refractivity contribution in [2.24, 2.45) is 0 Å². The standard InChI is InChI=1S/C12H8N6.C5H11N/c13-4-8-1-2-18-10(6-16-12(18)3-8)9-5-15-7-11(14)17-9;1-2-4-6-5-3-1/h1-3,5-7H,(H2,14,17);6H,1-5H2. The summed E-state index contributed by atoms with van der Waals surface area (Å²) in [5.74, 6) is 0.357. The quantitative estimate of drug-likeness (QED) is 0.710. The van der Waals surface area contributed by atoms with Gasteiger partial charge in [-0.3, -0.25) is 9.38 Å². The molecule has 0 amide bonds. The van der Waals surface area contributed by atoms with Crippen molar-refractivity contribution in [1.82, 2.24) is 24.7 Å². The molecule has 0 aromatic carbocycles. The second-order valence-corrected chi connectivity index (χ2v) is 5.54. The molecule has 0 atom stereocenters. The fourth-order valence-corrected chi connectivity index (χ4v) is 2.55. The molecule has 0 unspecified atom stereocenters. The van der Waals surface area contributed by atoms with Gasteiger partial charge in [-0.05, 0) is 38.1 Å². The van der Waals surface area contributed by atoms with Crippen molar-refractivity contribution in [3.05, 3.63) is 42.5 Å². The molecule has 3 aromatic heterocycles. The molecule has 0 saturated carbocycles. The number of anilines is 1. The smallest absolute Gasteiger partial charge is 0.142 e. The van der Waals surface area contributed by atoms with E-state index in [1.54, 1.807) is 30.7 Å². The van der Waals surface area contributed by atoms with E-state index in [-0.39, 0.29) is 0 Å². The molecule has 1 aliphatic heterocycles. The molecule has 4 heterocycles. The molecule has 0 aliphatic carbocycles. The molecule has 1 saturated heterocycles. The summed E-state index contributed by atoms with van der Waals surface area (Å²) in [5, 5.41) is 12.1. The maximum Gasteiger partial charge on any atom is 0.142 e. The Hall–Kier alpha value is -2.98. The molecule has 3 aromatic rings. The van der Waals surface area contributed by atoms with E-state index in [1.807, 2.05) is 4.40 Å². The Balaban J connectivity index is 0.000000238. The van der Waals surface area contributed by atoms with Crippen molar-refractivity contribution in [2.45, 2.75) is 19.3 Å². The van der Waals surface area contributed by atoms with Crippen LogP contribution in [0.25, 0.3) is 17.0 Å². The third-order valence-corrected chi connectivity index (χ3v) is 3.77. The second kappa shape index (κ2) is 7.53. The van der Waals surface area contributed by atoms with Crippen LogP contribution < -0.4 is 11.1 Å². The van der Waals surface area contributed by atoms with Gasteiger partial charge in [-0.2, -0.15) is 5.26 Å². The molecule has 122 valence electrons. The molecular formula is C17H19N7. The molecule has 24 heavy (non-hydrogen) atoms. The number of hydrogen-bond acceptors (Lipinski definition) is 6. The van der Waals surface area contributed by atoms with Crippen molar-refractivity contribution >= 4 is 11.5 Å². The van der Waals surface area contributed by atoms with Crippen molar-refractivity contribution < 1.29 is 0 Å². The maximum atomic E-state index is 8.83. The van der Waals surface area contributed by atoms with E-state index >= 15 is 0 Å². The van der Waals surface area contributed by atoms with Crippen molar-refractivity contribution in [1.29, 1.82) is 5.26 Å². The van der Waals surface area contributed by atoms with Gasteiger partial charge in [-0.1, -0.05) is 6.42 Å². The van der Waals surface area contributed by atoms with Crippen LogP contribution in [0.2, 0.25) is 0 Å². The summed E-state index contributed by atoms with van der Waals surface area (Å²) in [6.07, 6.45) is 10.8. The largest absolute Gasteiger partial charge is 0.382 e. The Morgan fingerprint density at radius 3 is 2.62 bits per heavy atom. The average molecular weight is 321 g/mol. The predicted octanol–water partition coefficient (Wildman–Crippen LogP) is 2.01. The number of pyridine rings is 1. The molecule has 3 N–H and O–H groups in total. The highest BCUT2D eigenvalue weighted by Gasteiger charge is 2.08. The van der Waals surface area contributed by atoms with E-state index in [0.717, 1.165) is 5.69 Å². The minimum Gasteiger partial charge on any atom is -0.382 e. The SMILES string of the molecule is C1CCNCC1.N#Cc1ccn2c(-c3cncc(N)n3)cnc2c1. The van der Waals surface area contributed by atoms with Crippen LogP contribution in [-0.2, 0) is 0 Å². The Kier molecular flexibility index (Phi) is 4.99. The number of aromatic nitrogens is 4. The number of fused-ring (bicyclic) bond motifs is 1. The Morgan fingerprint density at radius 2 is 2.00 bits per heavy atom. The molecule has 0 spiro atoms. The monoisotopic (exact) mass is 321 g/mol. The Labute approximate surface area is 140 Å². The van der Waals surface area contributed by atoms with Gasteiger partial charge in [0.25, 0.3) is 0 Å². The number of nitrogens with zero attached hydrogens (tertiary/aromatic N) is 5. The maximum absolute atomic E-state index is 8.83. The number of imidazole rings is 1. The van der Waals surface area contributed by atoms with Crippen LogP contribution in [0, 0.1) is 11.3 Å². The van der Waals surface area contributed by atoms with Gasteiger partial charge >= 0.3 is 0 Å². The Morgan fingerprint density at radius 1 is 1.17 bits per heavy atom. The van der Waals surface area contributed by atoms with Crippen LogP contribution in [0.1, 0.15) is 24.8 Å². The minimum atomic E-state index is 0.357. The second-order valence-electron chi connectivity index (χ2n) is 5.54. The average Bonchev–Trinajstić information content (AvgIpc) is 3.07. The lowest BCUT2D eigenvalue weighted by molar-refractivity contribution is 0.520. The normalized spacial score (nSPS) is 13.8. The number of nitrogen functional groups attached to an aromatic ring is 1. The number of nitriles is 1. The van der Waals surface area contributed by atoms with Crippen LogP contribution >= 0.6 is 0 Å². The van der Waals surface area contributed by atoms with Crippen LogP contribution in [0.5, 0.6) is 0 Å². The summed E-state index contributed by atoms with van der Waals surface area (Å²) in [4.78, 5) is 12.4. The molecule has 1 fully saturated rings. The summed E-state index contributed by atoms with van der Waals surface area (Å²) >= 11 is 0. The van der Waals surface area contributed by atoms with E-state index in [1.165, 1.54) is 38.5 Å². The van der Waals surface area contributed by atoms with E-state index in [4.69, 9.17) is 11.0 Å². The van der Waals surface area contributed by atoms with Crippen molar-refractivity contribution in [3.63, 3.8) is 0 Å². The highest BCUT2D eigenvalue weighted by atomic mass is 15.0. The molecule has 7 nitrogen and oxygen atoms in total. The van der Waals surface area contributed by atoms with Gasteiger partial charge in [-0.15, -0.1) is 0 Å². The van der Waals surface area contributed by atoms with E-state index in [9.17, 15) is 0 Å². The molecule has 0 bridgehead atoms. The summed E-state index contributed by atoms with van der Waals surface area (Å²) < 4.78 is 1.84. The third-order valence-electron chi connectivity index (χ3n) is 3.77. The molecule has 4 rings (SSSR count). The van der Waals surface area contributed by atoms with Crippen molar-refractivity contribution in [2.75, 3.05) is 18.8 Å². The van der Waals surface area contributed by atoms with Gasteiger partial charge in [0.15, 0.2) is 0 Å². The predicted molar refractivity (Wildman–Crippen MR) is 92.1 cm³/mol. The first-order valence-electron chi connectivity index (χ1n) is 7.94. The lowest BCUT2D eigenvalue weighted by Gasteiger charge is -2.08. The highest BCUT2D eigenvalue weighted by molar-refractivity contribution is 5.61. The van der Waals surface area contributed by atoms with Crippen molar-refractivity contribution in [3.8, 4) is 17.5 Å². The van der Waals surface area contributed by atoms with Gasteiger partial charge < -0.3 is 11.1 Å². The number of piperidine rings is 1. The van der Waals surface area contributed by atoms with Crippen LogP contribution in [-0.4, -0.2) is 32.4 Å². The fourth-order valence-electron chi connectivity index (χ4n) is 2.55. The summed E-state index contributed by atoms with van der Waals surface area (Å²) in [6.45, 7) is 2.50. The first-order chi connectivity index (χ1) is 11.8. The van der Waals surface area contributed by atoms with Crippen LogP contribution in [0.4, 0.5) is 5.82 Å². The number of rotatable bonds is 1. The van der Waals surface area contributed by atoms with E-state index in [2.05, 4.69) is 26.3 Å². The summed E-state index contributed by atoms with van der Waals surface area (Å²) in [6, 6.07) is 5.51. The van der Waals surface area contributed by atoms with Crippen LogP contribution in [0.15, 0.2) is 36.9 Å². The number of nitrogens with two attached hydrogens (primary N) is 1. The van der Waals surface area contributed by atoms with Gasteiger partial charge in [0, 0.05) is 6.20 Å². The zero-order valence-corrected chi connectivity index (χ0v) is 13.3. The first-order valence-corrected chi connectivity index (χ1v) is 7.94. The van der Waals surface area contributed by atoms with Gasteiger partial charge in [0.05, 0.1) is 35.9 Å². The lowest BCUT2D eigenvalue weighted by Crippen LogP contribution is -2.21. The molecule has 0 radical (unpaired) electrons. The fraction of sp³-hybridized carbons (Fsp3) is 0.294. The summed E-state index contributed by atoms with van der Waals surface area (Å²) in [5.41, 5.74) is 8.30. The minimum absolute atomic E-state index is 0.357. The highest BCUT2D eigenvalue weighted by Crippen LogP contribution is 2.19. The molecule has 7 heteroatoms. The van der Waals surface area contributed by atoms with E-state index < -0.39 is 0 Å². The summed E-state index contributed by atoms with van der Waals surface area (Å²) in [7, 11) is 0. The van der Waals surface area contributed by atoms with Crippen LogP contribution in [0.3, 0.4) is 0 Å². The Bertz CT molecular complexity index is 847. The topological polar surface area (TPSA) is 105 Å². The lowest BCUT2D eigenvalue weighted by atomic mass is 10.2. The zero-order valence-electron chi connectivity index (χ0n) is 13.3. The van der Waals surface area contributed by atoms with E-state index in [0.29, 0.717) is 22.7 Å². The van der Waals surface area contributed by atoms with Gasteiger partial charge in [0.1, 0.15) is 17.2 Å². The van der Waals surface area contributed by atoms with Gasteiger partial charge in [-0.25, -0.2) is 9.97 Å². The first kappa shape index (κ1) is 15.9. The third kappa shape index (κ3) is 3.67. The zero-order chi connectivity index (χ0) is 16.8. The molecular weight excluding hydrogens is 302 g/mol. The molecule has 1 aliphatic rings. The number of hydrogen-bond donors (Lipinski definition) is 2.